The predicted molar refractivity (Wildman–Crippen MR) is 113 cm³/mol. The van der Waals surface area contributed by atoms with Gasteiger partial charge in [-0.1, -0.05) is 48.9 Å². The van der Waals surface area contributed by atoms with Crippen LogP contribution in [0.2, 0.25) is 0 Å². The van der Waals surface area contributed by atoms with E-state index >= 15 is 0 Å². The molecule has 0 heterocycles. The van der Waals surface area contributed by atoms with Crippen molar-refractivity contribution in [3.05, 3.63) is 47.5 Å². The number of allylic oxidation sites excluding steroid dienone is 1. The molecule has 33 heavy (non-hydrogen) atoms. The second kappa shape index (κ2) is 7.62. The Hall–Kier alpha value is -1.76. The van der Waals surface area contributed by atoms with E-state index in [1.165, 1.54) is 6.92 Å². The zero-order valence-electron chi connectivity index (χ0n) is 18.5. The van der Waals surface area contributed by atoms with Crippen molar-refractivity contribution in [2.45, 2.75) is 69.6 Å². The minimum atomic E-state index is -5.64. The van der Waals surface area contributed by atoms with Crippen molar-refractivity contribution in [2.24, 2.45) is 35.0 Å². The Morgan fingerprint density at radius 1 is 0.939 bits per heavy atom. The lowest BCUT2D eigenvalue weighted by atomic mass is 9.50. The number of benzene rings is 1. The molecule has 0 aliphatic heterocycles. The number of halogens is 5. The summed E-state index contributed by atoms with van der Waals surface area (Å²) in [6, 6.07) is 9.73. The molecule has 8 atom stereocenters. The summed E-state index contributed by atoms with van der Waals surface area (Å²) in [7, 11) is 0. The van der Waals surface area contributed by atoms with E-state index in [1.54, 1.807) is 6.08 Å². The lowest BCUT2D eigenvalue weighted by Crippen LogP contribution is -2.56. The summed E-state index contributed by atoms with van der Waals surface area (Å²) in [6.45, 7) is 1.43. The number of fused-ring (bicyclic) bond motifs is 5. The standard InChI is InChI=1S/C26H29F5O2/c1-24-20(9-10-21(24)25(27,28)26(29,30)31)17-8-7-15-11-16(32)12-18(14-5-3-2-4-6-14)23(15)19(17)13-22(24)33/h2-6,13,15,17-18,20-23,33H,7-12H2,1H3. The molecule has 3 fully saturated rings. The first-order valence-corrected chi connectivity index (χ1v) is 11.9. The highest BCUT2D eigenvalue weighted by Crippen LogP contribution is 2.67. The molecule has 1 N–H and O–H groups in total. The summed E-state index contributed by atoms with van der Waals surface area (Å²) in [5, 5.41) is 11.1. The van der Waals surface area contributed by atoms with Gasteiger partial charge in [-0.05, 0) is 60.8 Å². The van der Waals surface area contributed by atoms with Crippen LogP contribution in [0.3, 0.4) is 0 Å². The van der Waals surface area contributed by atoms with Gasteiger partial charge in [0.05, 0.1) is 6.10 Å². The molecule has 0 aromatic heterocycles. The van der Waals surface area contributed by atoms with Crippen LogP contribution in [0.5, 0.6) is 0 Å². The quantitative estimate of drug-likeness (QED) is 0.408. The summed E-state index contributed by atoms with van der Waals surface area (Å²) in [4.78, 5) is 12.5. The number of Topliss-reactive ketones (excluding diaryl/α,β-unsaturated/α-hetero) is 1. The molecule has 3 saturated carbocycles. The molecule has 0 saturated heterocycles. The van der Waals surface area contributed by atoms with Gasteiger partial charge in [-0.15, -0.1) is 0 Å². The van der Waals surface area contributed by atoms with Crippen LogP contribution >= 0.6 is 0 Å². The minimum absolute atomic E-state index is 0.00484. The normalized spacial score (nSPS) is 41.1. The highest BCUT2D eigenvalue weighted by atomic mass is 19.4. The van der Waals surface area contributed by atoms with Gasteiger partial charge in [0, 0.05) is 24.2 Å². The third kappa shape index (κ3) is 3.32. The lowest BCUT2D eigenvalue weighted by molar-refractivity contribution is -0.318. The Morgan fingerprint density at radius 2 is 1.64 bits per heavy atom. The average molecular weight is 469 g/mol. The molecule has 0 radical (unpaired) electrons. The van der Waals surface area contributed by atoms with Crippen LogP contribution < -0.4 is 0 Å². The number of hydrogen-bond donors (Lipinski definition) is 1. The van der Waals surface area contributed by atoms with Crippen LogP contribution in [-0.4, -0.2) is 29.1 Å². The van der Waals surface area contributed by atoms with Gasteiger partial charge in [0.25, 0.3) is 0 Å². The van der Waals surface area contributed by atoms with Gasteiger partial charge in [0.1, 0.15) is 5.78 Å². The number of aliphatic hydroxyl groups excluding tert-OH is 1. The fourth-order valence-corrected chi connectivity index (χ4v) is 7.91. The largest absolute Gasteiger partial charge is 0.453 e. The zero-order chi connectivity index (χ0) is 23.8. The Morgan fingerprint density at radius 3 is 2.30 bits per heavy atom. The van der Waals surface area contributed by atoms with E-state index in [0.717, 1.165) is 17.6 Å². The predicted octanol–water partition coefficient (Wildman–Crippen LogP) is 6.31. The lowest BCUT2D eigenvalue weighted by Gasteiger charge is -2.55. The number of alkyl halides is 5. The Balaban J connectivity index is 1.55. The van der Waals surface area contributed by atoms with E-state index in [1.807, 2.05) is 30.3 Å². The van der Waals surface area contributed by atoms with Crippen molar-refractivity contribution in [3.8, 4) is 0 Å². The Kier molecular flexibility index (Phi) is 5.31. The summed E-state index contributed by atoms with van der Waals surface area (Å²) in [6.07, 6.45) is -3.14. The smallest absolute Gasteiger partial charge is 0.388 e. The van der Waals surface area contributed by atoms with Crippen molar-refractivity contribution in [3.63, 3.8) is 0 Å². The molecule has 8 unspecified atom stereocenters. The monoisotopic (exact) mass is 468 g/mol. The number of aliphatic hydroxyl groups is 1. The SMILES string of the molecule is CC12C(O)C=C3C(CCC4CC(=O)CC(c5ccccc5)C34)C1CCC2C(F)(F)C(F)(F)F. The van der Waals surface area contributed by atoms with Crippen LogP contribution in [0.15, 0.2) is 42.0 Å². The summed E-state index contributed by atoms with van der Waals surface area (Å²) in [5.74, 6) is -7.08. The highest BCUT2D eigenvalue weighted by molar-refractivity contribution is 5.81. The third-order valence-electron chi connectivity index (χ3n) is 9.37. The van der Waals surface area contributed by atoms with E-state index in [2.05, 4.69) is 0 Å². The van der Waals surface area contributed by atoms with Crippen molar-refractivity contribution in [1.82, 2.24) is 0 Å². The Bertz CT molecular complexity index is 955. The zero-order valence-corrected chi connectivity index (χ0v) is 18.5. The van der Waals surface area contributed by atoms with Gasteiger partial charge in [-0.3, -0.25) is 4.79 Å². The Labute approximate surface area is 190 Å². The molecular formula is C26H29F5O2. The minimum Gasteiger partial charge on any atom is -0.388 e. The van der Waals surface area contributed by atoms with Gasteiger partial charge in [0.2, 0.25) is 0 Å². The topological polar surface area (TPSA) is 37.3 Å². The van der Waals surface area contributed by atoms with Gasteiger partial charge in [-0.25, -0.2) is 0 Å². The van der Waals surface area contributed by atoms with Crippen molar-refractivity contribution in [1.29, 1.82) is 0 Å². The maximum Gasteiger partial charge on any atom is 0.453 e. The fraction of sp³-hybridized carbons (Fsp3) is 0.654. The number of ketones is 1. The molecular weight excluding hydrogens is 439 g/mol. The first-order chi connectivity index (χ1) is 15.5. The third-order valence-corrected chi connectivity index (χ3v) is 9.37. The molecule has 2 nitrogen and oxygen atoms in total. The second-order valence-electron chi connectivity index (χ2n) is 10.8. The van der Waals surface area contributed by atoms with Gasteiger partial charge < -0.3 is 5.11 Å². The van der Waals surface area contributed by atoms with Gasteiger partial charge in [-0.2, -0.15) is 22.0 Å². The highest BCUT2D eigenvalue weighted by Gasteiger charge is 2.71. The molecule has 0 amide bonds. The molecule has 1 aromatic carbocycles. The fourth-order valence-electron chi connectivity index (χ4n) is 7.91. The van der Waals surface area contributed by atoms with E-state index in [-0.39, 0.29) is 42.3 Å². The van der Waals surface area contributed by atoms with Crippen molar-refractivity contribution < 1.29 is 31.9 Å². The van der Waals surface area contributed by atoms with Crippen LogP contribution in [0, 0.1) is 35.0 Å². The van der Waals surface area contributed by atoms with E-state index in [9.17, 15) is 31.9 Å². The van der Waals surface area contributed by atoms with Gasteiger partial charge >= 0.3 is 12.1 Å². The summed E-state index contributed by atoms with van der Waals surface area (Å²) in [5.41, 5.74) is 0.489. The first-order valence-electron chi connectivity index (χ1n) is 11.9. The number of carbonyl (C=O) groups excluding carboxylic acids is 1. The maximum atomic E-state index is 14.5. The van der Waals surface area contributed by atoms with E-state index in [0.29, 0.717) is 19.3 Å². The molecule has 7 heteroatoms. The van der Waals surface area contributed by atoms with Crippen LogP contribution in [0.4, 0.5) is 22.0 Å². The molecule has 4 aliphatic rings. The second-order valence-corrected chi connectivity index (χ2v) is 10.8. The summed E-state index contributed by atoms with van der Waals surface area (Å²) >= 11 is 0. The molecule has 1 aromatic rings. The van der Waals surface area contributed by atoms with Crippen LogP contribution in [0.25, 0.3) is 0 Å². The van der Waals surface area contributed by atoms with E-state index < -0.39 is 35.5 Å². The number of hydrogen-bond acceptors (Lipinski definition) is 2. The molecule has 5 rings (SSSR count). The van der Waals surface area contributed by atoms with Crippen LogP contribution in [0.1, 0.15) is 56.9 Å². The first kappa shape index (κ1) is 23.0. The molecule has 4 aliphatic carbocycles. The van der Waals surface area contributed by atoms with Crippen molar-refractivity contribution >= 4 is 5.78 Å². The molecule has 0 spiro atoms. The maximum absolute atomic E-state index is 14.5. The van der Waals surface area contributed by atoms with Crippen LogP contribution in [-0.2, 0) is 4.79 Å². The van der Waals surface area contributed by atoms with E-state index in [4.69, 9.17) is 0 Å². The molecule has 180 valence electrons. The molecule has 0 bridgehead atoms. The van der Waals surface area contributed by atoms with Gasteiger partial charge in [0.15, 0.2) is 0 Å². The summed E-state index contributed by atoms with van der Waals surface area (Å²) < 4.78 is 69.0. The average Bonchev–Trinajstić information content (AvgIpc) is 3.12. The number of carbonyl (C=O) groups is 1. The van der Waals surface area contributed by atoms with Crippen molar-refractivity contribution in [2.75, 3.05) is 0 Å². The number of rotatable bonds is 2.